The molecule has 194 valence electrons. The summed E-state index contributed by atoms with van der Waals surface area (Å²) in [7, 11) is 0. The molecule has 0 radical (unpaired) electrons. The highest BCUT2D eigenvalue weighted by atomic mass is 35.5. The van der Waals surface area contributed by atoms with E-state index in [-0.39, 0.29) is 11.9 Å². The van der Waals surface area contributed by atoms with Crippen molar-refractivity contribution in [3.8, 4) is 22.8 Å². The molecule has 4 aromatic rings. The molecule has 1 N–H and O–H groups in total. The first kappa shape index (κ1) is 24.2. The fourth-order valence-corrected chi connectivity index (χ4v) is 5.81. The smallest absolute Gasteiger partial charge is 0.386 e. The van der Waals surface area contributed by atoms with E-state index in [4.69, 9.17) is 30.7 Å². The van der Waals surface area contributed by atoms with Crippen LogP contribution in [0.1, 0.15) is 39.5 Å². The molecule has 2 aliphatic rings. The van der Waals surface area contributed by atoms with E-state index >= 15 is 0 Å². The molecule has 37 heavy (non-hydrogen) atoms. The summed E-state index contributed by atoms with van der Waals surface area (Å²) in [6.07, 6.45) is 4.91. The van der Waals surface area contributed by atoms with Crippen molar-refractivity contribution in [2.75, 3.05) is 24.7 Å². The fraction of sp³-hybridized carbons (Fsp3) is 0.481. The number of aromatic nitrogens is 5. The zero-order valence-corrected chi connectivity index (χ0v) is 21.9. The molecule has 6 rings (SSSR count). The van der Waals surface area contributed by atoms with Gasteiger partial charge in [0.05, 0.1) is 36.0 Å². The van der Waals surface area contributed by atoms with Crippen LogP contribution >= 0.6 is 11.6 Å². The van der Waals surface area contributed by atoms with E-state index in [1.807, 2.05) is 30.3 Å². The molecule has 1 unspecified atom stereocenters. The molecule has 4 heterocycles. The van der Waals surface area contributed by atoms with Crippen molar-refractivity contribution in [1.82, 2.24) is 24.7 Å². The second-order valence-electron chi connectivity index (χ2n) is 10.4. The lowest BCUT2D eigenvalue weighted by Gasteiger charge is -2.35. The lowest BCUT2D eigenvalue weighted by molar-refractivity contribution is 0.0976. The molecular formula is C27H31ClN6O3. The van der Waals surface area contributed by atoms with E-state index in [9.17, 15) is 4.79 Å². The second kappa shape index (κ2) is 9.95. The molecule has 10 heteroatoms. The Balaban J connectivity index is 1.58. The number of aromatic amines is 1. The number of hydrogen-bond acceptors (Lipinski definition) is 7. The number of morpholine rings is 1. The van der Waals surface area contributed by atoms with Gasteiger partial charge in [-0.05, 0) is 49.8 Å². The molecule has 0 spiro atoms. The first-order valence-corrected chi connectivity index (χ1v) is 13.4. The molecule has 1 saturated carbocycles. The summed E-state index contributed by atoms with van der Waals surface area (Å²) in [5.41, 5.74) is 3.79. The van der Waals surface area contributed by atoms with Gasteiger partial charge in [0.15, 0.2) is 0 Å². The van der Waals surface area contributed by atoms with Crippen molar-refractivity contribution in [3.05, 3.63) is 45.9 Å². The Kier molecular flexibility index (Phi) is 6.50. The quantitative estimate of drug-likeness (QED) is 0.387. The van der Waals surface area contributed by atoms with Gasteiger partial charge in [-0.1, -0.05) is 43.5 Å². The minimum Gasteiger partial charge on any atom is -0.386 e. The molecule has 3 aromatic heterocycles. The van der Waals surface area contributed by atoms with E-state index in [1.165, 1.54) is 25.7 Å². The predicted octanol–water partition coefficient (Wildman–Crippen LogP) is 5.15. The summed E-state index contributed by atoms with van der Waals surface area (Å²) in [4.78, 5) is 24.2. The van der Waals surface area contributed by atoms with Crippen molar-refractivity contribution < 1.29 is 9.15 Å². The third-order valence-electron chi connectivity index (χ3n) is 7.66. The van der Waals surface area contributed by atoms with Gasteiger partial charge < -0.3 is 18.6 Å². The van der Waals surface area contributed by atoms with Crippen molar-refractivity contribution >= 4 is 28.6 Å². The minimum absolute atomic E-state index is 0.132. The Labute approximate surface area is 219 Å². The molecular weight excluding hydrogens is 492 g/mol. The molecule has 9 nitrogen and oxygen atoms in total. The highest BCUT2D eigenvalue weighted by Crippen LogP contribution is 2.38. The number of fused-ring (bicyclic) bond motifs is 1. The number of halogens is 1. The van der Waals surface area contributed by atoms with Crippen LogP contribution in [0.4, 0.5) is 5.95 Å². The van der Waals surface area contributed by atoms with Gasteiger partial charge in [-0.15, -0.1) is 5.10 Å². The summed E-state index contributed by atoms with van der Waals surface area (Å²) in [6, 6.07) is 9.72. The predicted molar refractivity (Wildman–Crippen MR) is 143 cm³/mol. The Morgan fingerprint density at radius 1 is 1.14 bits per heavy atom. The van der Waals surface area contributed by atoms with E-state index in [2.05, 4.69) is 33.5 Å². The monoisotopic (exact) mass is 522 g/mol. The lowest BCUT2D eigenvalue weighted by Crippen LogP contribution is -2.45. The van der Waals surface area contributed by atoms with Crippen molar-refractivity contribution in [2.45, 2.75) is 52.1 Å². The number of hydrogen-bond donors (Lipinski definition) is 1. The number of benzene rings is 1. The lowest BCUT2D eigenvalue weighted by atomic mass is 9.83. The number of imidazole rings is 1. The van der Waals surface area contributed by atoms with E-state index in [0.29, 0.717) is 29.8 Å². The number of pyridine rings is 1. The summed E-state index contributed by atoms with van der Waals surface area (Å²) in [5, 5.41) is 6.98. The van der Waals surface area contributed by atoms with Crippen LogP contribution in [0.3, 0.4) is 0 Å². The van der Waals surface area contributed by atoms with Crippen LogP contribution in [0.25, 0.3) is 33.9 Å². The van der Waals surface area contributed by atoms with Gasteiger partial charge in [-0.25, -0.2) is 19.9 Å². The van der Waals surface area contributed by atoms with Gasteiger partial charge >= 0.3 is 5.76 Å². The van der Waals surface area contributed by atoms with Crippen LogP contribution in [0.15, 0.2) is 39.5 Å². The van der Waals surface area contributed by atoms with Crippen LogP contribution < -0.4 is 10.7 Å². The van der Waals surface area contributed by atoms with Crippen LogP contribution in [0.2, 0.25) is 5.02 Å². The molecule has 2 fully saturated rings. The first-order chi connectivity index (χ1) is 18.0. The first-order valence-electron chi connectivity index (χ1n) is 13.0. The summed E-state index contributed by atoms with van der Waals surface area (Å²) in [6.45, 7) is 7.48. The molecule has 1 aromatic carbocycles. The second-order valence-corrected chi connectivity index (χ2v) is 10.9. The van der Waals surface area contributed by atoms with Crippen molar-refractivity contribution in [1.29, 1.82) is 0 Å². The number of anilines is 1. The summed E-state index contributed by atoms with van der Waals surface area (Å²) >= 11 is 6.41. The molecule has 1 saturated heterocycles. The number of rotatable bonds is 5. The highest BCUT2D eigenvalue weighted by Gasteiger charge is 2.29. The maximum atomic E-state index is 11.7. The van der Waals surface area contributed by atoms with Crippen LogP contribution in [-0.4, -0.2) is 50.5 Å². The van der Waals surface area contributed by atoms with Gasteiger partial charge in [-0.3, -0.25) is 0 Å². The topological polar surface area (TPSA) is 102 Å². The number of H-pyrrole nitrogens is 1. The standard InChI is InChI=1S/C27H31ClN6O3/c1-16-6-8-18(9-7-16)14-34-24-21(30-26(34)33-10-11-36-15-17(33)2)13-22(25-31-32-27(35)37-25)29-23(24)19-4-3-5-20(28)12-19/h3-5,12-13,16-18H,6-11,14-15H2,1-2H3,(H,32,35). The Hall–Kier alpha value is -3.17. The average Bonchev–Trinajstić information content (AvgIpc) is 3.49. The van der Waals surface area contributed by atoms with Crippen LogP contribution in [0.5, 0.6) is 0 Å². The maximum Gasteiger partial charge on any atom is 0.434 e. The SMILES string of the molecule is CC1CCC(Cn2c(N3CCOCC3C)nc3cc(-c4n[nH]c(=O)o4)nc(-c4cccc(Cl)c4)c32)CC1. The van der Waals surface area contributed by atoms with Gasteiger partial charge in [0.1, 0.15) is 5.69 Å². The molecule has 1 aliphatic carbocycles. The largest absolute Gasteiger partial charge is 0.434 e. The number of ether oxygens (including phenoxy) is 1. The van der Waals surface area contributed by atoms with Crippen LogP contribution in [-0.2, 0) is 11.3 Å². The van der Waals surface area contributed by atoms with Crippen molar-refractivity contribution in [3.63, 3.8) is 0 Å². The van der Waals surface area contributed by atoms with Gasteiger partial charge in [-0.2, -0.15) is 0 Å². The fourth-order valence-electron chi connectivity index (χ4n) is 5.62. The number of nitrogens with one attached hydrogen (secondary N) is 1. The zero-order chi connectivity index (χ0) is 25.5. The van der Waals surface area contributed by atoms with Crippen molar-refractivity contribution in [2.24, 2.45) is 11.8 Å². The molecule has 0 bridgehead atoms. The normalized spacial score (nSPS) is 22.6. The third-order valence-corrected chi connectivity index (χ3v) is 7.90. The van der Waals surface area contributed by atoms with Gasteiger partial charge in [0, 0.05) is 23.7 Å². The Bertz CT molecular complexity index is 1470. The Morgan fingerprint density at radius 2 is 1.97 bits per heavy atom. The average molecular weight is 523 g/mol. The molecule has 1 atom stereocenters. The maximum absolute atomic E-state index is 11.7. The van der Waals surface area contributed by atoms with Gasteiger partial charge in [0.2, 0.25) is 5.95 Å². The highest BCUT2D eigenvalue weighted by molar-refractivity contribution is 6.30. The molecule has 1 aliphatic heterocycles. The summed E-state index contributed by atoms with van der Waals surface area (Å²) in [5.74, 6) is 1.78. The minimum atomic E-state index is -0.624. The summed E-state index contributed by atoms with van der Waals surface area (Å²) < 4.78 is 13.4. The Morgan fingerprint density at radius 3 is 2.70 bits per heavy atom. The van der Waals surface area contributed by atoms with E-state index in [1.54, 1.807) is 0 Å². The van der Waals surface area contributed by atoms with Gasteiger partial charge in [0.25, 0.3) is 5.89 Å². The molecule has 0 amide bonds. The number of nitrogens with zero attached hydrogens (tertiary/aromatic N) is 5. The third kappa shape index (κ3) is 4.78. The van der Waals surface area contributed by atoms with E-state index in [0.717, 1.165) is 47.2 Å². The van der Waals surface area contributed by atoms with Crippen LogP contribution in [0, 0.1) is 11.8 Å². The van der Waals surface area contributed by atoms with E-state index < -0.39 is 5.76 Å². The zero-order valence-electron chi connectivity index (χ0n) is 21.1.